The highest BCUT2D eigenvalue weighted by Gasteiger charge is 2.21. The van der Waals surface area contributed by atoms with E-state index in [2.05, 4.69) is 10.6 Å². The molecule has 0 radical (unpaired) electrons. The number of carbonyl (C=O) groups is 3. The molecular formula is C18H17N3O6. The molecule has 2 aromatic carbocycles. The minimum Gasteiger partial charge on any atom is -0.454 e. The van der Waals surface area contributed by atoms with Crippen molar-refractivity contribution in [3.8, 4) is 11.5 Å². The lowest BCUT2D eigenvalue weighted by Crippen LogP contribution is -2.30. The quantitative estimate of drug-likeness (QED) is 0.690. The van der Waals surface area contributed by atoms with Crippen LogP contribution in [0.1, 0.15) is 17.3 Å². The first-order chi connectivity index (χ1) is 12.9. The third-order valence-corrected chi connectivity index (χ3v) is 3.66. The number of anilines is 2. The molecule has 4 N–H and O–H groups in total. The highest BCUT2D eigenvalue weighted by molar-refractivity contribution is 5.98. The Hall–Kier alpha value is -3.75. The van der Waals surface area contributed by atoms with Gasteiger partial charge in [0.2, 0.25) is 6.79 Å². The molecule has 0 unspecified atom stereocenters. The van der Waals surface area contributed by atoms with Gasteiger partial charge >= 0.3 is 12.0 Å². The Morgan fingerprint density at radius 2 is 1.78 bits per heavy atom. The van der Waals surface area contributed by atoms with Crippen molar-refractivity contribution in [1.29, 1.82) is 0 Å². The van der Waals surface area contributed by atoms with E-state index in [9.17, 15) is 14.4 Å². The van der Waals surface area contributed by atoms with Gasteiger partial charge in [-0.15, -0.1) is 0 Å². The van der Waals surface area contributed by atoms with Crippen LogP contribution in [0.5, 0.6) is 11.5 Å². The van der Waals surface area contributed by atoms with Gasteiger partial charge in [0.15, 0.2) is 17.6 Å². The van der Waals surface area contributed by atoms with Crippen molar-refractivity contribution >= 4 is 29.3 Å². The molecule has 3 amide bonds. The van der Waals surface area contributed by atoms with Gasteiger partial charge in [-0.1, -0.05) is 6.07 Å². The summed E-state index contributed by atoms with van der Waals surface area (Å²) in [4.78, 5) is 35.4. The number of esters is 1. The number of amides is 3. The Balaban J connectivity index is 1.60. The SMILES string of the molecule is C[C@H](OC(=O)c1cccc(NC(N)=O)c1)C(=O)Nc1ccc2c(c1)OCO2. The fraction of sp³-hybridized carbons (Fsp3) is 0.167. The van der Waals surface area contributed by atoms with Crippen molar-refractivity contribution in [3.63, 3.8) is 0 Å². The number of rotatable bonds is 5. The summed E-state index contributed by atoms with van der Waals surface area (Å²) < 4.78 is 15.6. The molecule has 1 heterocycles. The number of hydrogen-bond donors (Lipinski definition) is 3. The van der Waals surface area contributed by atoms with Crippen molar-refractivity contribution in [2.45, 2.75) is 13.0 Å². The molecule has 0 saturated carbocycles. The molecule has 0 bridgehead atoms. The van der Waals surface area contributed by atoms with E-state index in [0.29, 0.717) is 22.9 Å². The van der Waals surface area contributed by atoms with Gasteiger partial charge in [0.05, 0.1) is 5.56 Å². The number of carbonyl (C=O) groups excluding carboxylic acids is 3. The number of primary amides is 1. The van der Waals surface area contributed by atoms with Crippen LogP contribution in [0.25, 0.3) is 0 Å². The molecule has 0 saturated heterocycles. The van der Waals surface area contributed by atoms with E-state index in [0.717, 1.165) is 0 Å². The first kappa shape index (κ1) is 18.1. The van der Waals surface area contributed by atoms with Crippen LogP contribution >= 0.6 is 0 Å². The van der Waals surface area contributed by atoms with Gasteiger partial charge in [0.25, 0.3) is 5.91 Å². The summed E-state index contributed by atoms with van der Waals surface area (Å²) in [5.41, 5.74) is 6.04. The Labute approximate surface area is 154 Å². The van der Waals surface area contributed by atoms with Crippen LogP contribution < -0.4 is 25.8 Å². The smallest absolute Gasteiger partial charge is 0.338 e. The molecule has 0 aliphatic carbocycles. The molecule has 27 heavy (non-hydrogen) atoms. The number of benzene rings is 2. The number of nitrogens with two attached hydrogens (primary N) is 1. The first-order valence-electron chi connectivity index (χ1n) is 8.00. The predicted molar refractivity (Wildman–Crippen MR) is 95.7 cm³/mol. The van der Waals surface area contributed by atoms with E-state index in [4.69, 9.17) is 19.9 Å². The maximum absolute atomic E-state index is 12.3. The molecule has 2 aromatic rings. The Bertz CT molecular complexity index is 898. The molecule has 0 aromatic heterocycles. The highest BCUT2D eigenvalue weighted by Crippen LogP contribution is 2.34. The second kappa shape index (κ2) is 7.65. The summed E-state index contributed by atoms with van der Waals surface area (Å²) in [6, 6.07) is 10.2. The zero-order chi connectivity index (χ0) is 19.4. The number of ether oxygens (including phenoxy) is 3. The molecular weight excluding hydrogens is 354 g/mol. The van der Waals surface area contributed by atoms with E-state index in [1.54, 1.807) is 30.3 Å². The van der Waals surface area contributed by atoms with Gasteiger partial charge in [-0.2, -0.15) is 0 Å². The van der Waals surface area contributed by atoms with Crippen LogP contribution in [0.15, 0.2) is 42.5 Å². The van der Waals surface area contributed by atoms with Crippen molar-refractivity contribution < 1.29 is 28.6 Å². The van der Waals surface area contributed by atoms with Crippen LogP contribution in [-0.4, -0.2) is 30.8 Å². The van der Waals surface area contributed by atoms with Crippen molar-refractivity contribution in [1.82, 2.24) is 0 Å². The van der Waals surface area contributed by atoms with Gasteiger partial charge < -0.3 is 30.6 Å². The topological polar surface area (TPSA) is 129 Å². The summed E-state index contributed by atoms with van der Waals surface area (Å²) in [6.45, 7) is 1.58. The minimum atomic E-state index is -1.05. The number of fused-ring (bicyclic) bond motifs is 1. The average Bonchev–Trinajstić information content (AvgIpc) is 3.09. The summed E-state index contributed by atoms with van der Waals surface area (Å²) in [5, 5.41) is 5.00. The molecule has 0 fully saturated rings. The highest BCUT2D eigenvalue weighted by atomic mass is 16.7. The lowest BCUT2D eigenvalue weighted by molar-refractivity contribution is -0.123. The zero-order valence-electron chi connectivity index (χ0n) is 14.4. The van der Waals surface area contributed by atoms with Crippen molar-refractivity contribution in [2.75, 3.05) is 17.4 Å². The number of hydrogen-bond acceptors (Lipinski definition) is 6. The van der Waals surface area contributed by atoms with E-state index < -0.39 is 24.0 Å². The minimum absolute atomic E-state index is 0.129. The van der Waals surface area contributed by atoms with Crippen LogP contribution in [0, 0.1) is 0 Å². The van der Waals surface area contributed by atoms with Crippen molar-refractivity contribution in [3.05, 3.63) is 48.0 Å². The van der Waals surface area contributed by atoms with Crippen molar-refractivity contribution in [2.24, 2.45) is 5.73 Å². The third kappa shape index (κ3) is 4.46. The molecule has 9 heteroatoms. The Morgan fingerprint density at radius 3 is 2.56 bits per heavy atom. The lowest BCUT2D eigenvalue weighted by atomic mass is 10.2. The van der Waals surface area contributed by atoms with E-state index in [-0.39, 0.29) is 12.4 Å². The molecule has 1 aliphatic heterocycles. The third-order valence-electron chi connectivity index (χ3n) is 3.66. The van der Waals surface area contributed by atoms with Gasteiger partial charge in [-0.05, 0) is 37.3 Å². The summed E-state index contributed by atoms with van der Waals surface area (Å²) in [7, 11) is 0. The number of urea groups is 1. The summed E-state index contributed by atoms with van der Waals surface area (Å²) in [6.07, 6.45) is -1.05. The molecule has 1 atom stereocenters. The van der Waals surface area contributed by atoms with Gasteiger partial charge in [-0.25, -0.2) is 9.59 Å². The lowest BCUT2D eigenvalue weighted by Gasteiger charge is -2.14. The molecule has 1 aliphatic rings. The molecule has 0 spiro atoms. The standard InChI is InChI=1S/C18H17N3O6/c1-10(16(22)20-13-5-6-14-15(8-13)26-9-25-14)27-17(23)11-3-2-4-12(7-11)21-18(19)24/h2-8,10H,9H2,1H3,(H,20,22)(H3,19,21,24)/t10-/m0/s1. The van der Waals surface area contributed by atoms with Crippen LogP contribution in [0.4, 0.5) is 16.2 Å². The fourth-order valence-corrected chi connectivity index (χ4v) is 2.37. The monoisotopic (exact) mass is 371 g/mol. The average molecular weight is 371 g/mol. The maximum atomic E-state index is 12.3. The maximum Gasteiger partial charge on any atom is 0.338 e. The predicted octanol–water partition coefficient (Wildman–Crippen LogP) is 2.09. The van der Waals surface area contributed by atoms with Crippen LogP contribution in [0.2, 0.25) is 0 Å². The van der Waals surface area contributed by atoms with E-state index in [1.165, 1.54) is 19.1 Å². The van der Waals surface area contributed by atoms with E-state index in [1.807, 2.05) is 0 Å². The first-order valence-corrected chi connectivity index (χ1v) is 8.00. The summed E-state index contributed by atoms with van der Waals surface area (Å²) in [5.74, 6) is -0.0989. The van der Waals surface area contributed by atoms with E-state index >= 15 is 0 Å². The normalized spacial score (nSPS) is 12.8. The second-order valence-corrected chi connectivity index (χ2v) is 5.67. The number of nitrogens with one attached hydrogen (secondary N) is 2. The largest absolute Gasteiger partial charge is 0.454 e. The molecule has 140 valence electrons. The molecule has 3 rings (SSSR count). The van der Waals surface area contributed by atoms with Crippen LogP contribution in [0.3, 0.4) is 0 Å². The Morgan fingerprint density at radius 1 is 1.04 bits per heavy atom. The molecule has 9 nitrogen and oxygen atoms in total. The summed E-state index contributed by atoms with van der Waals surface area (Å²) >= 11 is 0. The Kier molecular flexibility index (Phi) is 5.11. The van der Waals surface area contributed by atoms with Gasteiger partial charge in [0.1, 0.15) is 0 Å². The second-order valence-electron chi connectivity index (χ2n) is 5.67. The van der Waals surface area contributed by atoms with Gasteiger partial charge in [-0.3, -0.25) is 4.79 Å². The zero-order valence-corrected chi connectivity index (χ0v) is 14.4. The van der Waals surface area contributed by atoms with Crippen LogP contribution in [-0.2, 0) is 9.53 Å². The fourth-order valence-electron chi connectivity index (χ4n) is 2.37. The van der Waals surface area contributed by atoms with Gasteiger partial charge in [0, 0.05) is 17.4 Å².